The fourth-order valence-electron chi connectivity index (χ4n) is 3.26. The second-order valence-corrected chi connectivity index (χ2v) is 7.17. The van der Waals surface area contributed by atoms with Crippen LogP contribution in [-0.4, -0.2) is 42.2 Å². The molecule has 156 valence electrons. The van der Waals surface area contributed by atoms with Gasteiger partial charge in [0.05, 0.1) is 12.3 Å². The van der Waals surface area contributed by atoms with Crippen molar-refractivity contribution in [2.45, 2.75) is 51.2 Å². The van der Waals surface area contributed by atoms with E-state index in [2.05, 4.69) is 4.98 Å². The maximum Gasteiger partial charge on any atom is 0.354 e. The van der Waals surface area contributed by atoms with Crippen LogP contribution in [0.15, 0.2) is 42.5 Å². The largest absolute Gasteiger partial charge is 0.494 e. The van der Waals surface area contributed by atoms with Gasteiger partial charge in [0, 0.05) is 18.8 Å². The monoisotopic (exact) mass is 399 g/mol. The Morgan fingerprint density at radius 2 is 1.90 bits per heavy atom. The summed E-state index contributed by atoms with van der Waals surface area (Å²) >= 11 is 0. The average molecular weight is 399 g/mol. The maximum atomic E-state index is 11.1. The zero-order chi connectivity index (χ0) is 20.3. The number of nitrogens with zero attached hydrogens (tertiary/aromatic N) is 1. The first kappa shape index (κ1) is 21.3. The normalized spacial score (nSPS) is 16.5. The van der Waals surface area contributed by atoms with E-state index in [9.17, 15) is 4.79 Å². The van der Waals surface area contributed by atoms with Gasteiger partial charge in [-0.1, -0.05) is 24.6 Å². The van der Waals surface area contributed by atoms with Crippen molar-refractivity contribution in [1.82, 2.24) is 4.98 Å². The second-order valence-electron chi connectivity index (χ2n) is 7.17. The van der Waals surface area contributed by atoms with E-state index in [-0.39, 0.29) is 12.0 Å². The van der Waals surface area contributed by atoms with Gasteiger partial charge in [0.15, 0.2) is 6.29 Å². The van der Waals surface area contributed by atoms with Crippen LogP contribution in [0.1, 0.15) is 55.4 Å². The predicted molar refractivity (Wildman–Crippen MR) is 110 cm³/mol. The summed E-state index contributed by atoms with van der Waals surface area (Å²) in [6, 6.07) is 12.6. The van der Waals surface area contributed by atoms with E-state index in [1.165, 1.54) is 12.5 Å². The van der Waals surface area contributed by atoms with Crippen LogP contribution in [-0.2, 0) is 9.47 Å². The molecule has 1 atom stereocenters. The molecule has 1 fully saturated rings. The van der Waals surface area contributed by atoms with Crippen molar-refractivity contribution in [2.24, 2.45) is 0 Å². The highest BCUT2D eigenvalue weighted by Crippen LogP contribution is 2.23. The first-order valence-electron chi connectivity index (χ1n) is 10.4. The van der Waals surface area contributed by atoms with E-state index >= 15 is 0 Å². The highest BCUT2D eigenvalue weighted by molar-refractivity contribution is 5.86. The number of carboxylic acids is 1. The van der Waals surface area contributed by atoms with Crippen molar-refractivity contribution >= 4 is 5.97 Å². The Morgan fingerprint density at radius 3 is 2.69 bits per heavy atom. The topological polar surface area (TPSA) is 77.9 Å². The third-order valence-electron chi connectivity index (χ3n) is 4.85. The smallest absolute Gasteiger partial charge is 0.354 e. The lowest BCUT2D eigenvalue weighted by Gasteiger charge is -2.22. The lowest BCUT2D eigenvalue weighted by molar-refractivity contribution is -0.162. The number of carbonyl (C=O) groups is 1. The Hall–Kier alpha value is -2.44. The molecule has 0 aliphatic carbocycles. The van der Waals surface area contributed by atoms with E-state index in [4.69, 9.17) is 19.3 Å². The molecular weight excluding hydrogens is 370 g/mol. The Morgan fingerprint density at radius 1 is 1.07 bits per heavy atom. The molecule has 2 heterocycles. The molecule has 2 aromatic rings. The highest BCUT2D eigenvalue weighted by atomic mass is 16.7. The summed E-state index contributed by atoms with van der Waals surface area (Å²) in [6.45, 7) is 2.23. The Labute approximate surface area is 171 Å². The van der Waals surface area contributed by atoms with E-state index in [1.807, 2.05) is 24.3 Å². The number of carboxylic acid groups (broad SMARTS) is 1. The van der Waals surface area contributed by atoms with Gasteiger partial charge >= 0.3 is 5.97 Å². The summed E-state index contributed by atoms with van der Waals surface area (Å²) in [6.07, 6.45) is 7.60. The first-order valence-corrected chi connectivity index (χ1v) is 10.4. The number of unbranched alkanes of at least 4 members (excludes halogenated alkanes) is 3. The van der Waals surface area contributed by atoms with Gasteiger partial charge in [-0.05, 0) is 62.8 Å². The van der Waals surface area contributed by atoms with Gasteiger partial charge in [0.1, 0.15) is 11.4 Å². The van der Waals surface area contributed by atoms with E-state index in [0.717, 1.165) is 63.1 Å². The molecule has 1 aliphatic rings. The Balaban J connectivity index is 1.34. The number of hydrogen-bond acceptors (Lipinski definition) is 5. The minimum atomic E-state index is -1.03. The highest BCUT2D eigenvalue weighted by Gasteiger charge is 2.13. The van der Waals surface area contributed by atoms with Gasteiger partial charge in [-0.25, -0.2) is 9.78 Å². The maximum absolute atomic E-state index is 11.1. The summed E-state index contributed by atoms with van der Waals surface area (Å²) < 4.78 is 17.1. The van der Waals surface area contributed by atoms with Crippen LogP contribution in [0.3, 0.4) is 0 Å². The molecule has 1 aromatic carbocycles. The molecule has 1 unspecified atom stereocenters. The van der Waals surface area contributed by atoms with Crippen LogP contribution in [0.4, 0.5) is 0 Å². The molecule has 0 saturated carbocycles. The molecule has 29 heavy (non-hydrogen) atoms. The van der Waals surface area contributed by atoms with Gasteiger partial charge < -0.3 is 19.3 Å². The number of rotatable bonds is 11. The average Bonchev–Trinajstić information content (AvgIpc) is 2.76. The molecule has 1 aromatic heterocycles. The quantitative estimate of drug-likeness (QED) is 0.540. The minimum Gasteiger partial charge on any atom is -0.494 e. The molecular formula is C23H29NO5. The van der Waals surface area contributed by atoms with Crippen LogP contribution >= 0.6 is 0 Å². The predicted octanol–water partition coefficient (Wildman–Crippen LogP) is 4.93. The van der Waals surface area contributed by atoms with Gasteiger partial charge in [-0.3, -0.25) is 0 Å². The number of aromatic nitrogens is 1. The molecule has 1 N–H and O–H groups in total. The lowest BCUT2D eigenvalue weighted by atomic mass is 10.1. The van der Waals surface area contributed by atoms with Gasteiger partial charge in [0.2, 0.25) is 0 Å². The summed E-state index contributed by atoms with van der Waals surface area (Å²) in [4.78, 5) is 15.3. The van der Waals surface area contributed by atoms with Crippen molar-refractivity contribution in [3.63, 3.8) is 0 Å². The number of hydrogen-bond donors (Lipinski definition) is 1. The lowest BCUT2D eigenvalue weighted by Crippen LogP contribution is -2.22. The Bertz CT molecular complexity index is 773. The summed E-state index contributed by atoms with van der Waals surface area (Å²) in [5.41, 5.74) is 1.50. The van der Waals surface area contributed by atoms with E-state index in [0.29, 0.717) is 12.3 Å². The van der Waals surface area contributed by atoms with Crippen molar-refractivity contribution in [3.8, 4) is 17.0 Å². The minimum absolute atomic E-state index is 0.00467. The SMILES string of the molecule is O=C(O)c1cccc(-c2cccc(OCCCCCCOC3CCCCO3)c2)n1. The number of benzene rings is 1. The summed E-state index contributed by atoms with van der Waals surface area (Å²) in [5, 5.41) is 9.10. The van der Waals surface area contributed by atoms with Crippen LogP contribution in [0, 0.1) is 0 Å². The third kappa shape index (κ3) is 7.15. The van der Waals surface area contributed by atoms with Crippen molar-refractivity contribution < 1.29 is 24.1 Å². The summed E-state index contributed by atoms with van der Waals surface area (Å²) in [5.74, 6) is -0.265. The zero-order valence-corrected chi connectivity index (χ0v) is 16.7. The Kier molecular flexibility index (Phi) is 8.46. The molecule has 0 bridgehead atoms. The molecule has 6 nitrogen and oxygen atoms in total. The second kappa shape index (κ2) is 11.5. The number of ether oxygens (including phenoxy) is 3. The van der Waals surface area contributed by atoms with Crippen molar-refractivity contribution in [1.29, 1.82) is 0 Å². The molecule has 1 aliphatic heterocycles. The molecule has 0 amide bonds. The van der Waals surface area contributed by atoms with E-state index in [1.54, 1.807) is 12.1 Å². The van der Waals surface area contributed by atoms with E-state index < -0.39 is 5.97 Å². The molecule has 6 heteroatoms. The van der Waals surface area contributed by atoms with Gasteiger partial charge in [-0.2, -0.15) is 0 Å². The fourth-order valence-corrected chi connectivity index (χ4v) is 3.26. The third-order valence-corrected chi connectivity index (χ3v) is 4.85. The number of pyridine rings is 1. The molecule has 3 rings (SSSR count). The zero-order valence-electron chi connectivity index (χ0n) is 16.7. The van der Waals surface area contributed by atoms with Gasteiger partial charge in [-0.15, -0.1) is 0 Å². The standard InChI is InChI=1S/C23H29NO5/c25-23(26)21-12-8-11-20(24-21)18-9-7-10-19(17-18)27-14-4-1-2-5-15-28-22-13-3-6-16-29-22/h7-12,17,22H,1-6,13-16H2,(H,25,26). The molecule has 0 radical (unpaired) electrons. The summed E-state index contributed by atoms with van der Waals surface area (Å²) in [7, 11) is 0. The van der Waals surface area contributed by atoms with Crippen LogP contribution in [0.2, 0.25) is 0 Å². The molecule has 0 spiro atoms. The fraction of sp³-hybridized carbons (Fsp3) is 0.478. The van der Waals surface area contributed by atoms with Crippen LogP contribution in [0.25, 0.3) is 11.3 Å². The molecule has 1 saturated heterocycles. The van der Waals surface area contributed by atoms with Gasteiger partial charge in [0.25, 0.3) is 0 Å². The first-order chi connectivity index (χ1) is 14.2. The van der Waals surface area contributed by atoms with Crippen molar-refractivity contribution in [2.75, 3.05) is 19.8 Å². The van der Waals surface area contributed by atoms with Crippen LogP contribution < -0.4 is 4.74 Å². The number of aromatic carboxylic acids is 1. The van der Waals surface area contributed by atoms with Crippen molar-refractivity contribution in [3.05, 3.63) is 48.2 Å². The van der Waals surface area contributed by atoms with Crippen LogP contribution in [0.5, 0.6) is 5.75 Å².